The van der Waals surface area contributed by atoms with Crippen molar-refractivity contribution < 1.29 is 9.32 Å². The zero-order chi connectivity index (χ0) is 14.1. The van der Waals surface area contributed by atoms with Crippen LogP contribution in [0.5, 0.6) is 0 Å². The van der Waals surface area contributed by atoms with Crippen molar-refractivity contribution in [2.45, 2.75) is 67.0 Å². The average Bonchev–Trinajstić information content (AvgIpc) is 2.21. The molecule has 1 amide bonds. The molecule has 5 heteroatoms. The predicted octanol–water partition coefficient (Wildman–Crippen LogP) is 3.62. The third kappa shape index (κ3) is 10.3. The summed E-state index contributed by atoms with van der Waals surface area (Å²) in [7, 11) is -0.510. The highest BCUT2D eigenvalue weighted by molar-refractivity contribution is 7.49. The normalized spacial score (nSPS) is 12.7. The van der Waals surface area contributed by atoms with Gasteiger partial charge < -0.3 is 9.84 Å². The van der Waals surface area contributed by atoms with Crippen LogP contribution in [0.25, 0.3) is 0 Å². The second-order valence-electron chi connectivity index (χ2n) is 5.06. The number of hydrogen-bond donors (Lipinski definition) is 1. The van der Waals surface area contributed by atoms with Crippen LogP contribution in [0.15, 0.2) is 0 Å². The Kier molecular flexibility index (Phi) is 12.9. The molecule has 116 valence electrons. The fourth-order valence-electron chi connectivity index (χ4n) is 2.00. The van der Waals surface area contributed by atoms with Crippen LogP contribution in [0.3, 0.4) is 0 Å². The predicted molar refractivity (Wildman–Crippen MR) is 85.6 cm³/mol. The first-order valence-electron chi connectivity index (χ1n) is 6.75. The van der Waals surface area contributed by atoms with Gasteiger partial charge in [0.1, 0.15) is 8.30 Å². The standard InChI is InChI=1S/C13H29N2O2P.CH4/c1-11(2)15(12(3)4)18(6)17-10-8-7-9-14-13(5)16;/h11-12H,7-10H2,1-6H3,(H,14,16);1H4. The van der Waals surface area contributed by atoms with Gasteiger partial charge in [0.05, 0.1) is 6.61 Å². The van der Waals surface area contributed by atoms with E-state index in [0.29, 0.717) is 12.1 Å². The molecule has 0 saturated carbocycles. The van der Waals surface area contributed by atoms with E-state index in [1.165, 1.54) is 0 Å². The Labute approximate surface area is 121 Å². The lowest BCUT2D eigenvalue weighted by atomic mass is 10.3. The zero-order valence-electron chi connectivity index (χ0n) is 12.7. The van der Waals surface area contributed by atoms with Crippen LogP contribution in [0, 0.1) is 0 Å². The molecule has 0 fully saturated rings. The van der Waals surface area contributed by atoms with Crippen molar-refractivity contribution in [3.8, 4) is 0 Å². The van der Waals surface area contributed by atoms with Crippen molar-refractivity contribution in [1.29, 1.82) is 0 Å². The van der Waals surface area contributed by atoms with E-state index in [2.05, 4.69) is 44.3 Å². The van der Waals surface area contributed by atoms with Crippen molar-refractivity contribution in [2.24, 2.45) is 0 Å². The molecule has 0 aromatic carbocycles. The number of rotatable bonds is 9. The van der Waals surface area contributed by atoms with E-state index < -0.39 is 8.30 Å². The van der Waals surface area contributed by atoms with Gasteiger partial charge in [0, 0.05) is 25.6 Å². The van der Waals surface area contributed by atoms with Crippen LogP contribution in [-0.2, 0) is 9.32 Å². The maximum Gasteiger partial charge on any atom is 0.216 e. The number of carbonyl (C=O) groups is 1. The van der Waals surface area contributed by atoms with E-state index >= 15 is 0 Å². The van der Waals surface area contributed by atoms with Gasteiger partial charge in [-0.3, -0.25) is 9.46 Å². The minimum Gasteiger partial charge on any atom is -0.356 e. The summed E-state index contributed by atoms with van der Waals surface area (Å²) in [5, 5.41) is 2.79. The van der Waals surface area contributed by atoms with E-state index in [-0.39, 0.29) is 13.3 Å². The topological polar surface area (TPSA) is 41.6 Å². The molecule has 0 rings (SSSR count). The lowest BCUT2D eigenvalue weighted by Crippen LogP contribution is -2.32. The van der Waals surface area contributed by atoms with Crippen LogP contribution in [0.4, 0.5) is 0 Å². The lowest BCUT2D eigenvalue weighted by Gasteiger charge is -2.35. The molecular weight excluding hydrogens is 259 g/mol. The summed E-state index contributed by atoms with van der Waals surface area (Å²) >= 11 is 0. The lowest BCUT2D eigenvalue weighted by molar-refractivity contribution is -0.118. The molecule has 0 heterocycles. The number of hydrogen-bond acceptors (Lipinski definition) is 3. The Hall–Kier alpha value is -0.180. The fourth-order valence-corrected chi connectivity index (χ4v) is 3.83. The van der Waals surface area contributed by atoms with Crippen LogP contribution in [-0.4, -0.2) is 42.5 Å². The molecule has 0 saturated heterocycles. The van der Waals surface area contributed by atoms with Gasteiger partial charge in [0.25, 0.3) is 0 Å². The highest BCUT2D eigenvalue weighted by atomic mass is 31.2. The summed E-state index contributed by atoms with van der Waals surface area (Å²) in [6, 6.07) is 1.03. The summed E-state index contributed by atoms with van der Waals surface area (Å²) in [6.07, 6.45) is 1.98. The molecular formula is C14H33N2O2P. The van der Waals surface area contributed by atoms with Gasteiger partial charge in [-0.2, -0.15) is 0 Å². The average molecular weight is 292 g/mol. The van der Waals surface area contributed by atoms with Gasteiger partial charge in [-0.15, -0.1) is 0 Å². The fraction of sp³-hybridized carbons (Fsp3) is 0.929. The van der Waals surface area contributed by atoms with Crippen molar-refractivity contribution >= 4 is 14.2 Å². The highest BCUT2D eigenvalue weighted by Gasteiger charge is 2.20. The van der Waals surface area contributed by atoms with Gasteiger partial charge in [-0.1, -0.05) is 7.43 Å². The third-order valence-corrected chi connectivity index (χ3v) is 4.74. The second kappa shape index (κ2) is 11.6. The monoisotopic (exact) mass is 292 g/mol. The van der Waals surface area contributed by atoms with E-state index in [1.54, 1.807) is 6.92 Å². The highest BCUT2D eigenvalue weighted by Crippen LogP contribution is 2.40. The van der Waals surface area contributed by atoms with Crippen molar-refractivity contribution in [3.05, 3.63) is 0 Å². The summed E-state index contributed by atoms with van der Waals surface area (Å²) in [5.41, 5.74) is 0. The molecule has 0 spiro atoms. The molecule has 0 radical (unpaired) electrons. The SMILES string of the molecule is C.CC(=O)NCCCCOP(C)N(C(C)C)C(C)C. The Bertz CT molecular complexity index is 227. The van der Waals surface area contributed by atoms with Gasteiger partial charge >= 0.3 is 0 Å². The second-order valence-corrected chi connectivity index (χ2v) is 6.70. The van der Waals surface area contributed by atoms with Crippen molar-refractivity contribution in [2.75, 3.05) is 19.8 Å². The number of nitrogens with zero attached hydrogens (tertiary/aromatic N) is 1. The molecule has 0 bridgehead atoms. The van der Waals surface area contributed by atoms with Crippen LogP contribution >= 0.6 is 8.30 Å². The summed E-state index contributed by atoms with van der Waals surface area (Å²) in [5.74, 6) is 0.0412. The van der Waals surface area contributed by atoms with E-state index in [9.17, 15) is 4.79 Å². The minimum absolute atomic E-state index is 0. The number of nitrogens with one attached hydrogen (secondary N) is 1. The molecule has 19 heavy (non-hydrogen) atoms. The molecule has 0 aromatic rings. The first kappa shape index (κ1) is 21.1. The summed E-state index contributed by atoms with van der Waals surface area (Å²) in [6.45, 7) is 14.1. The maximum atomic E-state index is 10.7. The zero-order valence-corrected chi connectivity index (χ0v) is 13.6. The first-order chi connectivity index (χ1) is 8.36. The first-order valence-corrected chi connectivity index (χ1v) is 8.41. The largest absolute Gasteiger partial charge is 0.356 e. The Morgan fingerprint density at radius 2 is 1.74 bits per heavy atom. The van der Waals surface area contributed by atoms with E-state index in [4.69, 9.17) is 4.52 Å². The van der Waals surface area contributed by atoms with Crippen LogP contribution < -0.4 is 5.32 Å². The molecule has 1 N–H and O–H groups in total. The smallest absolute Gasteiger partial charge is 0.216 e. The van der Waals surface area contributed by atoms with Gasteiger partial charge in [-0.25, -0.2) is 0 Å². The Morgan fingerprint density at radius 1 is 1.21 bits per heavy atom. The maximum absolute atomic E-state index is 10.7. The molecule has 0 aliphatic rings. The van der Waals surface area contributed by atoms with E-state index in [1.807, 2.05) is 0 Å². The molecule has 1 unspecified atom stereocenters. The molecule has 0 aliphatic heterocycles. The van der Waals surface area contributed by atoms with E-state index in [0.717, 1.165) is 26.0 Å². The van der Waals surface area contributed by atoms with Gasteiger partial charge in [-0.05, 0) is 47.2 Å². The molecule has 1 atom stereocenters. The van der Waals surface area contributed by atoms with Crippen LogP contribution in [0.2, 0.25) is 0 Å². The number of unbranched alkanes of at least 4 members (excludes halogenated alkanes) is 1. The quantitative estimate of drug-likeness (QED) is 0.521. The molecule has 0 aromatic heterocycles. The molecule has 0 aliphatic carbocycles. The third-order valence-electron chi connectivity index (χ3n) is 2.61. The Balaban J connectivity index is 0. The molecule has 4 nitrogen and oxygen atoms in total. The van der Waals surface area contributed by atoms with Crippen molar-refractivity contribution in [1.82, 2.24) is 9.99 Å². The van der Waals surface area contributed by atoms with Gasteiger partial charge in [0.2, 0.25) is 5.91 Å². The van der Waals surface area contributed by atoms with Crippen LogP contribution in [0.1, 0.15) is 54.9 Å². The Morgan fingerprint density at radius 3 is 2.16 bits per heavy atom. The van der Waals surface area contributed by atoms with Gasteiger partial charge in [0.15, 0.2) is 0 Å². The minimum atomic E-state index is -0.510. The summed E-state index contributed by atoms with van der Waals surface area (Å²) in [4.78, 5) is 10.7. The number of amides is 1. The number of carbonyl (C=O) groups excluding carboxylic acids is 1. The van der Waals surface area contributed by atoms with Crippen molar-refractivity contribution in [3.63, 3.8) is 0 Å². The summed E-state index contributed by atoms with van der Waals surface area (Å²) < 4.78 is 8.33.